The highest BCUT2D eigenvalue weighted by Crippen LogP contribution is 2.39. The summed E-state index contributed by atoms with van der Waals surface area (Å²) in [6, 6.07) is 16.1. The van der Waals surface area contributed by atoms with Crippen molar-refractivity contribution in [3.63, 3.8) is 0 Å². The van der Waals surface area contributed by atoms with Crippen molar-refractivity contribution >= 4 is 23.0 Å². The molecule has 1 atom stereocenters. The van der Waals surface area contributed by atoms with Crippen LogP contribution in [0, 0.1) is 0 Å². The van der Waals surface area contributed by atoms with Gasteiger partial charge in [-0.3, -0.25) is 4.57 Å². The fraction of sp³-hybridized carbons (Fsp3) is 0.273. The first kappa shape index (κ1) is 17.3. The lowest BCUT2D eigenvalue weighted by Crippen LogP contribution is -2.28. The van der Waals surface area contributed by atoms with Gasteiger partial charge < -0.3 is 10.1 Å². The molecule has 1 aliphatic heterocycles. The molecule has 0 saturated heterocycles. The van der Waals surface area contributed by atoms with Crippen LogP contribution in [-0.2, 0) is 9.53 Å². The van der Waals surface area contributed by atoms with Crippen LogP contribution in [0.3, 0.4) is 0 Å². The number of carbonyl (C=O) groups is 1. The minimum Gasteiger partial charge on any atom is -0.466 e. The third kappa shape index (κ3) is 2.79. The van der Waals surface area contributed by atoms with Gasteiger partial charge in [0.15, 0.2) is 0 Å². The minimum absolute atomic E-state index is 0.290. The van der Waals surface area contributed by atoms with Crippen LogP contribution < -0.4 is 5.32 Å². The number of allylic oxidation sites excluding steroid dienone is 1. The summed E-state index contributed by atoms with van der Waals surface area (Å²) < 4.78 is 7.19. The number of para-hydroxylation sites is 2. The van der Waals surface area contributed by atoms with E-state index in [2.05, 4.69) is 48.0 Å². The molecule has 1 unspecified atom stereocenters. The van der Waals surface area contributed by atoms with Crippen molar-refractivity contribution in [1.29, 1.82) is 0 Å². The van der Waals surface area contributed by atoms with Gasteiger partial charge in [-0.25, -0.2) is 9.78 Å². The Kier molecular flexibility index (Phi) is 4.22. The van der Waals surface area contributed by atoms with Crippen LogP contribution in [0.1, 0.15) is 43.9 Å². The molecule has 0 radical (unpaired) electrons. The quantitative estimate of drug-likeness (QED) is 0.692. The second-order valence-corrected chi connectivity index (χ2v) is 7.17. The second kappa shape index (κ2) is 6.58. The Labute approximate surface area is 158 Å². The number of hydrogen-bond acceptors (Lipinski definition) is 4. The topological polar surface area (TPSA) is 56.1 Å². The minimum atomic E-state index is -0.332. The number of nitrogens with one attached hydrogen (secondary N) is 1. The Hall–Kier alpha value is -3.08. The monoisotopic (exact) mass is 361 g/mol. The molecule has 1 aromatic heterocycles. The van der Waals surface area contributed by atoms with Crippen molar-refractivity contribution in [3.05, 3.63) is 70.9 Å². The standard InChI is InChI=1S/C22H23N3O2/c1-13(2)15-9-11-16(12-10-15)20-19(21(26)27-4)14(3)23-22-24-17-7-5-6-8-18(17)25(20)22/h5-13,20H,1-4H3,(H,23,24). The number of methoxy groups -OCH3 is 1. The number of anilines is 1. The summed E-state index contributed by atoms with van der Waals surface area (Å²) in [5, 5.41) is 3.27. The van der Waals surface area contributed by atoms with E-state index in [4.69, 9.17) is 9.72 Å². The molecule has 2 aromatic carbocycles. The summed E-state index contributed by atoms with van der Waals surface area (Å²) in [7, 11) is 1.42. The van der Waals surface area contributed by atoms with Gasteiger partial charge in [-0.05, 0) is 36.1 Å². The van der Waals surface area contributed by atoms with Gasteiger partial charge in [-0.1, -0.05) is 50.2 Å². The van der Waals surface area contributed by atoms with Gasteiger partial charge in [0.05, 0.1) is 29.8 Å². The molecule has 0 spiro atoms. The van der Waals surface area contributed by atoms with Crippen LogP contribution in [0.5, 0.6) is 0 Å². The lowest BCUT2D eigenvalue weighted by atomic mass is 9.93. The van der Waals surface area contributed by atoms with E-state index in [1.165, 1.54) is 12.7 Å². The first-order valence-electron chi connectivity index (χ1n) is 9.14. The fourth-order valence-corrected chi connectivity index (χ4v) is 3.72. The molecule has 5 heteroatoms. The third-order valence-corrected chi connectivity index (χ3v) is 5.15. The van der Waals surface area contributed by atoms with Crippen LogP contribution in [0.2, 0.25) is 0 Å². The molecule has 0 bridgehead atoms. The molecule has 0 amide bonds. The van der Waals surface area contributed by atoms with Crippen molar-refractivity contribution in [2.24, 2.45) is 0 Å². The van der Waals surface area contributed by atoms with E-state index in [9.17, 15) is 4.79 Å². The van der Waals surface area contributed by atoms with Crippen LogP contribution >= 0.6 is 0 Å². The summed E-state index contributed by atoms with van der Waals surface area (Å²) in [5.74, 6) is 0.856. The molecule has 5 nitrogen and oxygen atoms in total. The first-order chi connectivity index (χ1) is 13.0. The lowest BCUT2D eigenvalue weighted by molar-refractivity contribution is -0.136. The van der Waals surface area contributed by atoms with E-state index < -0.39 is 0 Å². The van der Waals surface area contributed by atoms with Crippen LogP contribution in [0.15, 0.2) is 59.8 Å². The zero-order valence-electron chi connectivity index (χ0n) is 16.0. The summed E-state index contributed by atoms with van der Waals surface area (Å²) >= 11 is 0. The Balaban J connectivity index is 1.95. The molecule has 0 aliphatic carbocycles. The maximum atomic E-state index is 12.7. The lowest BCUT2D eigenvalue weighted by Gasteiger charge is -2.30. The summed E-state index contributed by atoms with van der Waals surface area (Å²) in [4.78, 5) is 17.4. The van der Waals surface area contributed by atoms with Gasteiger partial charge in [-0.15, -0.1) is 0 Å². The van der Waals surface area contributed by atoms with E-state index in [-0.39, 0.29) is 12.0 Å². The summed E-state index contributed by atoms with van der Waals surface area (Å²) in [5.41, 5.74) is 5.54. The summed E-state index contributed by atoms with van der Waals surface area (Å²) in [6.07, 6.45) is 0. The Morgan fingerprint density at radius 2 is 1.85 bits per heavy atom. The molecule has 4 rings (SSSR count). The van der Waals surface area contributed by atoms with Crippen molar-refractivity contribution in [1.82, 2.24) is 9.55 Å². The number of esters is 1. The zero-order valence-corrected chi connectivity index (χ0v) is 16.0. The van der Waals surface area contributed by atoms with Crippen molar-refractivity contribution in [2.45, 2.75) is 32.7 Å². The van der Waals surface area contributed by atoms with Gasteiger partial charge in [0.1, 0.15) is 0 Å². The molecule has 138 valence electrons. The maximum Gasteiger partial charge on any atom is 0.337 e. The van der Waals surface area contributed by atoms with Gasteiger partial charge in [0.2, 0.25) is 5.95 Å². The highest BCUT2D eigenvalue weighted by Gasteiger charge is 2.34. The Bertz CT molecular complexity index is 1050. The zero-order chi connectivity index (χ0) is 19.1. The molecular formula is C22H23N3O2. The number of carbonyl (C=O) groups excluding carboxylic acids is 1. The van der Waals surface area contributed by atoms with E-state index in [0.717, 1.165) is 28.2 Å². The Morgan fingerprint density at radius 3 is 2.52 bits per heavy atom. The number of rotatable bonds is 3. The average Bonchev–Trinajstić information content (AvgIpc) is 3.04. The molecule has 1 aliphatic rings. The molecule has 27 heavy (non-hydrogen) atoms. The van der Waals surface area contributed by atoms with Gasteiger partial charge >= 0.3 is 5.97 Å². The molecule has 3 aromatic rings. The highest BCUT2D eigenvalue weighted by molar-refractivity contribution is 5.94. The van der Waals surface area contributed by atoms with Crippen molar-refractivity contribution in [3.8, 4) is 0 Å². The van der Waals surface area contributed by atoms with Crippen LogP contribution in [-0.4, -0.2) is 22.6 Å². The largest absolute Gasteiger partial charge is 0.466 e. The number of aromatic nitrogens is 2. The van der Waals surface area contributed by atoms with E-state index in [0.29, 0.717) is 11.5 Å². The van der Waals surface area contributed by atoms with Crippen LogP contribution in [0.25, 0.3) is 11.0 Å². The van der Waals surface area contributed by atoms with E-state index >= 15 is 0 Å². The smallest absolute Gasteiger partial charge is 0.337 e. The molecule has 0 fully saturated rings. The predicted octanol–water partition coefficient (Wildman–Crippen LogP) is 4.62. The molecule has 1 N–H and O–H groups in total. The number of imidazole rings is 1. The number of benzene rings is 2. The Morgan fingerprint density at radius 1 is 1.15 bits per heavy atom. The maximum absolute atomic E-state index is 12.7. The van der Waals surface area contributed by atoms with E-state index in [1.807, 2.05) is 31.2 Å². The first-order valence-corrected chi connectivity index (χ1v) is 9.14. The fourth-order valence-electron chi connectivity index (χ4n) is 3.72. The number of fused-ring (bicyclic) bond motifs is 3. The predicted molar refractivity (Wildman–Crippen MR) is 107 cm³/mol. The number of nitrogens with zero attached hydrogens (tertiary/aromatic N) is 2. The molecule has 0 saturated carbocycles. The van der Waals surface area contributed by atoms with Gasteiger partial charge in [0.25, 0.3) is 0 Å². The number of ether oxygens (including phenoxy) is 1. The highest BCUT2D eigenvalue weighted by atomic mass is 16.5. The van der Waals surface area contributed by atoms with Crippen molar-refractivity contribution < 1.29 is 9.53 Å². The van der Waals surface area contributed by atoms with Crippen LogP contribution in [0.4, 0.5) is 5.95 Å². The van der Waals surface area contributed by atoms with Crippen molar-refractivity contribution in [2.75, 3.05) is 12.4 Å². The third-order valence-electron chi connectivity index (χ3n) is 5.15. The second-order valence-electron chi connectivity index (χ2n) is 7.17. The van der Waals surface area contributed by atoms with E-state index in [1.54, 1.807) is 0 Å². The normalized spacial score (nSPS) is 16.4. The molecule has 2 heterocycles. The average molecular weight is 361 g/mol. The molecular weight excluding hydrogens is 338 g/mol. The van der Waals surface area contributed by atoms with Gasteiger partial charge in [-0.2, -0.15) is 0 Å². The summed E-state index contributed by atoms with van der Waals surface area (Å²) in [6.45, 7) is 6.24. The SMILES string of the molecule is COC(=O)C1=C(C)Nc2nc3ccccc3n2C1c1ccc(C(C)C)cc1. The van der Waals surface area contributed by atoms with Gasteiger partial charge in [0, 0.05) is 5.70 Å². The number of hydrogen-bond donors (Lipinski definition) is 1.